The molecule has 0 aliphatic carbocycles. The molecule has 18 heavy (non-hydrogen) atoms. The second kappa shape index (κ2) is 6.58. The Balaban J connectivity index is 2.93. The number of rotatable bonds is 6. The van der Waals surface area contributed by atoms with Crippen LogP contribution in [0.4, 0.5) is 0 Å². The standard InChI is InChI=1S/C12H18N2O3S/c1-4-5-7(2)6-18-10-9(11(15)16)8(3)13-12(17)14-10/h7H,4-6H2,1-3H3,(H,15,16)(H,13,14,17). The van der Waals surface area contributed by atoms with Crippen LogP contribution in [0, 0.1) is 12.8 Å². The molecule has 1 rings (SSSR count). The van der Waals surface area contributed by atoms with Gasteiger partial charge in [-0.15, -0.1) is 11.8 Å². The summed E-state index contributed by atoms with van der Waals surface area (Å²) >= 11 is 1.34. The number of H-pyrrole nitrogens is 1. The van der Waals surface area contributed by atoms with Gasteiger partial charge in [-0.1, -0.05) is 26.7 Å². The van der Waals surface area contributed by atoms with E-state index >= 15 is 0 Å². The van der Waals surface area contributed by atoms with E-state index in [1.807, 2.05) is 0 Å². The fourth-order valence-electron chi connectivity index (χ4n) is 1.71. The van der Waals surface area contributed by atoms with Crippen LogP contribution in [0.25, 0.3) is 0 Å². The van der Waals surface area contributed by atoms with Crippen LogP contribution in [0.15, 0.2) is 9.82 Å². The van der Waals surface area contributed by atoms with Gasteiger partial charge in [0, 0.05) is 11.4 Å². The number of thioether (sulfide) groups is 1. The van der Waals surface area contributed by atoms with Crippen LogP contribution in [0.3, 0.4) is 0 Å². The quantitative estimate of drug-likeness (QED) is 0.612. The number of carbonyl (C=O) groups is 1. The number of nitrogens with one attached hydrogen (secondary N) is 1. The molecule has 1 aromatic heterocycles. The molecule has 0 saturated heterocycles. The predicted octanol–water partition coefficient (Wildman–Crippen LogP) is 2.30. The van der Waals surface area contributed by atoms with Crippen molar-refractivity contribution in [3.05, 3.63) is 21.7 Å². The topological polar surface area (TPSA) is 83.0 Å². The first-order valence-electron chi connectivity index (χ1n) is 5.92. The van der Waals surface area contributed by atoms with Crippen molar-refractivity contribution in [1.82, 2.24) is 9.97 Å². The number of hydrogen-bond acceptors (Lipinski definition) is 4. The lowest BCUT2D eigenvalue weighted by Crippen LogP contribution is -2.18. The minimum absolute atomic E-state index is 0.100. The summed E-state index contributed by atoms with van der Waals surface area (Å²) in [6.07, 6.45) is 2.17. The molecule has 2 N–H and O–H groups in total. The van der Waals surface area contributed by atoms with Crippen LogP contribution in [0.5, 0.6) is 0 Å². The molecular weight excluding hydrogens is 252 g/mol. The van der Waals surface area contributed by atoms with Gasteiger partial charge in [0.05, 0.1) is 0 Å². The van der Waals surface area contributed by atoms with Crippen molar-refractivity contribution in [3.8, 4) is 0 Å². The van der Waals surface area contributed by atoms with Crippen LogP contribution < -0.4 is 5.69 Å². The van der Waals surface area contributed by atoms with Crippen molar-refractivity contribution in [2.24, 2.45) is 5.92 Å². The van der Waals surface area contributed by atoms with Crippen molar-refractivity contribution in [1.29, 1.82) is 0 Å². The van der Waals surface area contributed by atoms with Gasteiger partial charge in [-0.25, -0.2) is 9.59 Å². The third-order valence-corrected chi connectivity index (χ3v) is 3.89. The normalized spacial score (nSPS) is 12.4. The Morgan fingerprint density at radius 2 is 2.22 bits per heavy atom. The molecule has 0 amide bonds. The summed E-state index contributed by atoms with van der Waals surface area (Å²) in [7, 11) is 0. The molecule has 0 spiro atoms. The summed E-state index contributed by atoms with van der Waals surface area (Å²) in [6.45, 7) is 5.79. The van der Waals surface area contributed by atoms with Crippen molar-refractivity contribution in [3.63, 3.8) is 0 Å². The highest BCUT2D eigenvalue weighted by Crippen LogP contribution is 2.24. The SMILES string of the molecule is CCCC(C)CSc1nc(=O)[nH]c(C)c1C(=O)O. The monoisotopic (exact) mass is 270 g/mol. The molecule has 1 aromatic rings. The lowest BCUT2D eigenvalue weighted by Gasteiger charge is -2.10. The van der Waals surface area contributed by atoms with Crippen molar-refractivity contribution in [2.75, 3.05) is 5.75 Å². The highest BCUT2D eigenvalue weighted by atomic mass is 32.2. The molecular formula is C12H18N2O3S. The Morgan fingerprint density at radius 1 is 1.56 bits per heavy atom. The van der Waals surface area contributed by atoms with Crippen LogP contribution in [0.1, 0.15) is 42.7 Å². The Bertz CT molecular complexity index is 485. The maximum atomic E-state index is 11.3. The van der Waals surface area contributed by atoms with E-state index in [1.54, 1.807) is 6.92 Å². The Labute approximate surface area is 110 Å². The molecule has 1 atom stereocenters. The number of aryl methyl sites for hydroxylation is 1. The third-order valence-electron chi connectivity index (χ3n) is 2.59. The minimum atomic E-state index is -1.05. The first-order chi connectivity index (χ1) is 8.45. The summed E-state index contributed by atoms with van der Waals surface area (Å²) in [5, 5.41) is 9.44. The molecule has 0 aromatic carbocycles. The summed E-state index contributed by atoms with van der Waals surface area (Å²) in [5.74, 6) is 0.189. The maximum Gasteiger partial charge on any atom is 0.346 e. The van der Waals surface area contributed by atoms with Crippen LogP contribution in [-0.2, 0) is 0 Å². The van der Waals surface area contributed by atoms with Gasteiger partial charge in [-0.3, -0.25) is 0 Å². The third kappa shape index (κ3) is 3.87. The second-order valence-corrected chi connectivity index (χ2v) is 5.37. The summed E-state index contributed by atoms with van der Waals surface area (Å²) in [6, 6.07) is 0. The Hall–Kier alpha value is -1.30. The highest BCUT2D eigenvalue weighted by molar-refractivity contribution is 7.99. The smallest absolute Gasteiger partial charge is 0.346 e. The van der Waals surface area contributed by atoms with E-state index < -0.39 is 11.7 Å². The van der Waals surface area contributed by atoms with Crippen molar-refractivity contribution >= 4 is 17.7 Å². The molecule has 0 fully saturated rings. The number of aromatic nitrogens is 2. The van der Waals surface area contributed by atoms with E-state index in [1.165, 1.54) is 11.8 Å². The van der Waals surface area contributed by atoms with Crippen molar-refractivity contribution in [2.45, 2.75) is 38.6 Å². The average Bonchev–Trinajstić information content (AvgIpc) is 2.25. The lowest BCUT2D eigenvalue weighted by atomic mass is 10.1. The fourth-order valence-corrected chi connectivity index (χ4v) is 2.85. The number of hydrogen-bond donors (Lipinski definition) is 2. The first-order valence-corrected chi connectivity index (χ1v) is 6.91. The molecule has 6 heteroatoms. The van der Waals surface area contributed by atoms with Gasteiger partial charge in [0.1, 0.15) is 10.6 Å². The average molecular weight is 270 g/mol. The largest absolute Gasteiger partial charge is 0.478 e. The number of nitrogens with zero attached hydrogens (tertiary/aromatic N) is 1. The maximum absolute atomic E-state index is 11.3. The predicted molar refractivity (Wildman–Crippen MR) is 71.4 cm³/mol. The molecule has 0 bridgehead atoms. The van der Waals surface area contributed by atoms with Crippen molar-refractivity contribution < 1.29 is 9.90 Å². The Morgan fingerprint density at radius 3 is 2.78 bits per heavy atom. The van der Waals surface area contributed by atoms with E-state index in [-0.39, 0.29) is 5.56 Å². The molecule has 100 valence electrons. The summed E-state index contributed by atoms with van der Waals surface area (Å²) < 4.78 is 0. The number of carboxylic acids is 1. The van der Waals surface area contributed by atoms with Gasteiger partial charge < -0.3 is 10.1 Å². The number of aromatic carboxylic acids is 1. The van der Waals surface area contributed by atoms with Gasteiger partial charge in [-0.05, 0) is 12.8 Å². The zero-order chi connectivity index (χ0) is 13.7. The zero-order valence-corrected chi connectivity index (χ0v) is 11.6. The number of aromatic amines is 1. The van der Waals surface area contributed by atoms with Gasteiger partial charge >= 0.3 is 11.7 Å². The van der Waals surface area contributed by atoms with Crippen LogP contribution in [0.2, 0.25) is 0 Å². The van der Waals surface area contributed by atoms with E-state index in [0.29, 0.717) is 16.6 Å². The van der Waals surface area contributed by atoms with Crippen LogP contribution >= 0.6 is 11.8 Å². The van der Waals surface area contributed by atoms with Gasteiger partial charge in [0.15, 0.2) is 0 Å². The fraction of sp³-hybridized carbons (Fsp3) is 0.583. The van der Waals surface area contributed by atoms with Gasteiger partial charge in [0.25, 0.3) is 0 Å². The zero-order valence-electron chi connectivity index (χ0n) is 10.8. The minimum Gasteiger partial charge on any atom is -0.478 e. The second-order valence-electron chi connectivity index (χ2n) is 4.36. The first kappa shape index (κ1) is 14.8. The molecule has 0 saturated carbocycles. The van der Waals surface area contributed by atoms with Crippen LogP contribution in [-0.4, -0.2) is 26.8 Å². The highest BCUT2D eigenvalue weighted by Gasteiger charge is 2.17. The Kier molecular flexibility index (Phi) is 5.40. The molecule has 0 aliphatic rings. The molecule has 1 unspecified atom stereocenters. The van der Waals surface area contributed by atoms with E-state index in [2.05, 4.69) is 23.8 Å². The van der Waals surface area contributed by atoms with E-state index in [4.69, 9.17) is 5.11 Å². The van der Waals surface area contributed by atoms with E-state index in [9.17, 15) is 9.59 Å². The lowest BCUT2D eigenvalue weighted by molar-refractivity contribution is 0.0690. The molecule has 5 nitrogen and oxygen atoms in total. The molecule has 0 aliphatic heterocycles. The summed E-state index contributed by atoms with van der Waals surface area (Å²) in [5.41, 5.74) is -0.0420. The molecule has 0 radical (unpaired) electrons. The van der Waals surface area contributed by atoms with Gasteiger partial charge in [-0.2, -0.15) is 4.98 Å². The molecule has 1 heterocycles. The summed E-state index contributed by atoms with van der Waals surface area (Å²) in [4.78, 5) is 28.6. The van der Waals surface area contributed by atoms with E-state index in [0.717, 1.165) is 18.6 Å². The van der Waals surface area contributed by atoms with Gasteiger partial charge in [0.2, 0.25) is 0 Å². The number of carboxylic acid groups (broad SMARTS) is 1.